The van der Waals surface area contributed by atoms with Gasteiger partial charge in [0.1, 0.15) is 11.5 Å². The third-order valence-corrected chi connectivity index (χ3v) is 4.99. The summed E-state index contributed by atoms with van der Waals surface area (Å²) in [6, 6.07) is 14.5. The minimum Gasteiger partial charge on any atom is -0.384 e. The minimum absolute atomic E-state index is 0.150. The molecule has 0 aliphatic heterocycles. The average Bonchev–Trinajstić information content (AvgIpc) is 2.79. The normalized spacial score (nSPS) is 11.7. The molecule has 1 atom stereocenters. The van der Waals surface area contributed by atoms with Crippen molar-refractivity contribution < 1.29 is 9.18 Å². The van der Waals surface area contributed by atoms with Crippen LogP contribution >= 0.6 is 11.6 Å². The highest BCUT2D eigenvalue weighted by molar-refractivity contribution is 6.30. The molecule has 7 nitrogen and oxygen atoms in total. The lowest BCUT2D eigenvalue weighted by atomic mass is 10.1. The first-order valence-electron chi connectivity index (χ1n) is 9.68. The Morgan fingerprint density at radius 1 is 1.00 bits per heavy atom. The third kappa shape index (κ3) is 4.87. The summed E-state index contributed by atoms with van der Waals surface area (Å²) in [6.45, 7) is 1.75. The molecule has 0 saturated carbocycles. The van der Waals surface area contributed by atoms with E-state index in [-0.39, 0.29) is 5.69 Å². The van der Waals surface area contributed by atoms with Crippen molar-refractivity contribution in [3.8, 4) is 22.6 Å². The fourth-order valence-electron chi connectivity index (χ4n) is 3.09. The van der Waals surface area contributed by atoms with E-state index in [0.29, 0.717) is 33.5 Å². The molecule has 32 heavy (non-hydrogen) atoms. The number of rotatable bonds is 5. The topological polar surface area (TPSA) is 107 Å². The van der Waals surface area contributed by atoms with E-state index in [4.69, 9.17) is 17.3 Å². The third-order valence-electron chi connectivity index (χ3n) is 4.74. The van der Waals surface area contributed by atoms with E-state index in [1.807, 2.05) is 0 Å². The van der Waals surface area contributed by atoms with E-state index in [0.717, 1.165) is 5.56 Å². The average molecular weight is 449 g/mol. The maximum Gasteiger partial charge on any atom is 0.270 e. The van der Waals surface area contributed by atoms with E-state index in [2.05, 4.69) is 25.3 Å². The number of hydrogen-bond donors (Lipinski definition) is 2. The van der Waals surface area contributed by atoms with Crippen molar-refractivity contribution in [2.24, 2.45) is 0 Å². The lowest BCUT2D eigenvalue weighted by Gasteiger charge is -2.15. The molecule has 9 heteroatoms. The van der Waals surface area contributed by atoms with E-state index in [9.17, 15) is 9.18 Å². The van der Waals surface area contributed by atoms with Gasteiger partial charge >= 0.3 is 0 Å². The van der Waals surface area contributed by atoms with Crippen molar-refractivity contribution in [3.05, 3.63) is 89.2 Å². The van der Waals surface area contributed by atoms with E-state index in [1.54, 1.807) is 61.7 Å². The molecule has 1 unspecified atom stereocenters. The lowest BCUT2D eigenvalue weighted by Crippen LogP contribution is -2.28. The smallest absolute Gasteiger partial charge is 0.270 e. The lowest BCUT2D eigenvalue weighted by molar-refractivity contribution is 0.0934. The van der Waals surface area contributed by atoms with Crippen LogP contribution in [0.4, 0.5) is 10.2 Å². The molecule has 160 valence electrons. The SMILES string of the molecule is CC(NC(=O)c1cc(-c2ccc(Cl)cc2)nc(-c2ccnc(N)c2)n1)c1ccnc(F)c1. The first kappa shape index (κ1) is 21.3. The summed E-state index contributed by atoms with van der Waals surface area (Å²) in [5.41, 5.74) is 8.46. The number of nitrogens with one attached hydrogen (secondary N) is 1. The quantitative estimate of drug-likeness (QED) is 0.436. The first-order valence-corrected chi connectivity index (χ1v) is 10.1. The van der Waals surface area contributed by atoms with Gasteiger partial charge in [-0.3, -0.25) is 4.79 Å². The molecule has 3 N–H and O–H groups in total. The summed E-state index contributed by atoms with van der Waals surface area (Å²) in [6.07, 6.45) is 2.89. The number of aromatic nitrogens is 4. The summed E-state index contributed by atoms with van der Waals surface area (Å²) in [7, 11) is 0. The molecule has 0 aliphatic carbocycles. The molecule has 0 fully saturated rings. The van der Waals surface area contributed by atoms with E-state index < -0.39 is 17.9 Å². The summed E-state index contributed by atoms with van der Waals surface area (Å²) in [5.74, 6) is -0.425. The van der Waals surface area contributed by atoms with Gasteiger partial charge in [-0.2, -0.15) is 4.39 Å². The number of pyridine rings is 2. The van der Waals surface area contributed by atoms with Crippen molar-refractivity contribution in [3.63, 3.8) is 0 Å². The van der Waals surface area contributed by atoms with Crippen molar-refractivity contribution in [1.29, 1.82) is 0 Å². The molecule has 0 spiro atoms. The second-order valence-corrected chi connectivity index (χ2v) is 7.48. The fraction of sp³-hybridized carbons (Fsp3) is 0.0870. The van der Waals surface area contributed by atoms with Crippen LogP contribution in [-0.2, 0) is 0 Å². The maximum atomic E-state index is 13.5. The Morgan fingerprint density at radius 2 is 1.75 bits per heavy atom. The van der Waals surface area contributed by atoms with Gasteiger partial charge in [0.15, 0.2) is 5.82 Å². The van der Waals surface area contributed by atoms with Crippen LogP contribution in [0.25, 0.3) is 22.6 Å². The van der Waals surface area contributed by atoms with Gasteiger partial charge in [-0.15, -0.1) is 0 Å². The molecule has 0 aliphatic rings. The maximum absolute atomic E-state index is 13.5. The van der Waals surface area contributed by atoms with Crippen LogP contribution in [0, 0.1) is 5.95 Å². The number of amides is 1. The largest absolute Gasteiger partial charge is 0.384 e. The van der Waals surface area contributed by atoms with Crippen molar-refractivity contribution in [2.75, 3.05) is 5.73 Å². The van der Waals surface area contributed by atoms with Gasteiger partial charge in [0, 0.05) is 28.5 Å². The number of halogens is 2. The summed E-state index contributed by atoms with van der Waals surface area (Å²) in [4.78, 5) is 29.6. The molecular formula is C23H18ClFN6O. The van der Waals surface area contributed by atoms with Crippen LogP contribution in [0.1, 0.15) is 29.0 Å². The monoisotopic (exact) mass is 448 g/mol. The Bertz CT molecular complexity index is 1280. The van der Waals surface area contributed by atoms with Gasteiger partial charge < -0.3 is 11.1 Å². The number of benzene rings is 1. The summed E-state index contributed by atoms with van der Waals surface area (Å²) >= 11 is 6.00. The van der Waals surface area contributed by atoms with Crippen LogP contribution in [-0.4, -0.2) is 25.8 Å². The standard InChI is InChI=1S/C23H18ClFN6O/c1-13(15-6-8-27-20(25)10-15)29-23(32)19-12-18(14-2-4-17(24)5-3-14)30-22(31-19)16-7-9-28-21(26)11-16/h2-13H,1H3,(H2,26,28)(H,29,32). The van der Waals surface area contributed by atoms with Crippen LogP contribution in [0.5, 0.6) is 0 Å². The second kappa shape index (κ2) is 9.07. The molecule has 1 aromatic carbocycles. The zero-order valence-electron chi connectivity index (χ0n) is 17.0. The number of anilines is 1. The van der Waals surface area contributed by atoms with Crippen molar-refractivity contribution >= 4 is 23.3 Å². The molecule has 3 heterocycles. The van der Waals surface area contributed by atoms with Gasteiger partial charge in [0.25, 0.3) is 5.91 Å². The Hall–Kier alpha value is -3.91. The van der Waals surface area contributed by atoms with Crippen LogP contribution < -0.4 is 11.1 Å². The summed E-state index contributed by atoms with van der Waals surface area (Å²) < 4.78 is 13.5. The van der Waals surface area contributed by atoms with Crippen LogP contribution in [0.15, 0.2) is 67.0 Å². The van der Waals surface area contributed by atoms with Crippen LogP contribution in [0.2, 0.25) is 5.02 Å². The summed E-state index contributed by atoms with van der Waals surface area (Å²) in [5, 5.41) is 3.42. The zero-order valence-corrected chi connectivity index (χ0v) is 17.7. The Kier molecular flexibility index (Phi) is 6.04. The molecule has 0 saturated heterocycles. The first-order chi connectivity index (χ1) is 15.4. The molecule has 3 aromatic heterocycles. The minimum atomic E-state index is -0.617. The predicted octanol–water partition coefficient (Wildman–Crippen LogP) is 4.47. The second-order valence-electron chi connectivity index (χ2n) is 7.05. The van der Waals surface area contributed by atoms with Gasteiger partial charge in [0.2, 0.25) is 5.95 Å². The number of carbonyl (C=O) groups excluding carboxylic acids is 1. The van der Waals surface area contributed by atoms with Gasteiger partial charge in [-0.05, 0) is 55.0 Å². The fourth-order valence-corrected chi connectivity index (χ4v) is 3.22. The number of hydrogen-bond acceptors (Lipinski definition) is 6. The van der Waals surface area contributed by atoms with Gasteiger partial charge in [-0.25, -0.2) is 19.9 Å². The Morgan fingerprint density at radius 3 is 2.47 bits per heavy atom. The van der Waals surface area contributed by atoms with Crippen molar-refractivity contribution in [2.45, 2.75) is 13.0 Å². The van der Waals surface area contributed by atoms with Gasteiger partial charge in [-0.1, -0.05) is 23.7 Å². The molecule has 0 radical (unpaired) electrons. The molecule has 4 aromatic rings. The number of nitrogen functional groups attached to an aromatic ring is 1. The van der Waals surface area contributed by atoms with E-state index in [1.165, 1.54) is 12.3 Å². The molecule has 4 rings (SSSR count). The highest BCUT2D eigenvalue weighted by atomic mass is 35.5. The Labute approximate surface area is 188 Å². The van der Waals surface area contributed by atoms with Crippen molar-refractivity contribution in [1.82, 2.24) is 25.3 Å². The molecule has 1 amide bonds. The number of nitrogens with two attached hydrogens (primary N) is 1. The van der Waals surface area contributed by atoms with E-state index >= 15 is 0 Å². The highest BCUT2D eigenvalue weighted by Gasteiger charge is 2.17. The molecular weight excluding hydrogens is 431 g/mol. The number of carbonyl (C=O) groups is 1. The highest BCUT2D eigenvalue weighted by Crippen LogP contribution is 2.25. The van der Waals surface area contributed by atoms with Gasteiger partial charge in [0.05, 0.1) is 11.7 Å². The Balaban J connectivity index is 1.73. The predicted molar refractivity (Wildman–Crippen MR) is 120 cm³/mol. The van der Waals surface area contributed by atoms with Crippen LogP contribution in [0.3, 0.4) is 0 Å². The number of nitrogens with zero attached hydrogens (tertiary/aromatic N) is 4. The zero-order chi connectivity index (χ0) is 22.7. The molecule has 0 bridgehead atoms.